The Bertz CT molecular complexity index is 387. The summed E-state index contributed by atoms with van der Waals surface area (Å²) in [5.41, 5.74) is 4.90. The first kappa shape index (κ1) is 12.9. The van der Waals surface area contributed by atoms with Gasteiger partial charge >= 0.3 is 12.1 Å². The zero-order chi connectivity index (χ0) is 12.1. The maximum Gasteiger partial charge on any atom is 0.490 e. The predicted molar refractivity (Wildman–Crippen MR) is 43.0 cm³/mol. The molecule has 0 spiro atoms. The zero-order valence-electron chi connectivity index (χ0n) is 7.08. The molecule has 0 aliphatic carbocycles. The van der Waals surface area contributed by atoms with Crippen molar-refractivity contribution in [1.29, 1.82) is 0 Å². The fourth-order valence-electron chi connectivity index (χ4n) is 0.384. The number of alkyl halides is 3. The third kappa shape index (κ3) is 6.07. The highest BCUT2D eigenvalue weighted by atomic mass is 19.4. The Morgan fingerprint density at radius 1 is 1.53 bits per heavy atom. The highest BCUT2D eigenvalue weighted by Gasteiger charge is 2.38. The Morgan fingerprint density at radius 3 is 2.20 bits per heavy atom. The summed E-state index contributed by atoms with van der Waals surface area (Å²) in [4.78, 5) is 25.1. The van der Waals surface area contributed by atoms with Gasteiger partial charge in [0, 0.05) is 6.07 Å². The molecule has 0 aliphatic heterocycles. The summed E-state index contributed by atoms with van der Waals surface area (Å²) in [5.74, 6) is -2.51. The van der Waals surface area contributed by atoms with E-state index in [4.69, 9.17) is 15.6 Å². The molecule has 9 heteroatoms. The van der Waals surface area contributed by atoms with Crippen molar-refractivity contribution in [3.05, 3.63) is 22.7 Å². The molecule has 0 unspecified atom stereocenters. The SMILES string of the molecule is Nc1cc(=O)[nH]cn1.O=C(O)C(F)(F)F. The second-order valence-electron chi connectivity index (χ2n) is 2.14. The van der Waals surface area contributed by atoms with Crippen LogP contribution in [0.25, 0.3) is 0 Å². The number of rotatable bonds is 0. The lowest BCUT2D eigenvalue weighted by molar-refractivity contribution is -0.192. The number of hydrogen-bond acceptors (Lipinski definition) is 4. The topological polar surface area (TPSA) is 109 Å². The molecule has 0 aliphatic rings. The standard InChI is InChI=1S/C4H5N3O.C2HF3O2/c5-3-1-4(8)7-2-6-3;3-2(4,5)1(6)7/h1-2H,(H3,5,6,7,8);(H,6,7). The van der Waals surface area contributed by atoms with Gasteiger partial charge in [-0.25, -0.2) is 9.78 Å². The summed E-state index contributed by atoms with van der Waals surface area (Å²) in [5, 5.41) is 7.12. The summed E-state index contributed by atoms with van der Waals surface area (Å²) in [6.45, 7) is 0. The second-order valence-corrected chi connectivity index (χ2v) is 2.14. The molecule has 0 saturated carbocycles. The maximum absolute atomic E-state index is 10.6. The molecular formula is C6H6F3N3O3. The summed E-state index contributed by atoms with van der Waals surface area (Å²) in [6, 6.07) is 1.22. The molecule has 0 bridgehead atoms. The largest absolute Gasteiger partial charge is 0.490 e. The van der Waals surface area contributed by atoms with Gasteiger partial charge in [0.05, 0.1) is 6.33 Å². The zero-order valence-corrected chi connectivity index (χ0v) is 7.08. The van der Waals surface area contributed by atoms with Crippen LogP contribution < -0.4 is 11.3 Å². The first-order valence-electron chi connectivity index (χ1n) is 3.34. The van der Waals surface area contributed by atoms with E-state index in [0.717, 1.165) is 0 Å². The average molecular weight is 225 g/mol. The monoisotopic (exact) mass is 225 g/mol. The number of aliphatic carboxylic acids is 1. The Labute approximate surface area is 80.6 Å². The molecule has 0 saturated heterocycles. The van der Waals surface area contributed by atoms with Crippen LogP contribution in [0.15, 0.2) is 17.2 Å². The van der Waals surface area contributed by atoms with Gasteiger partial charge in [0.25, 0.3) is 5.56 Å². The van der Waals surface area contributed by atoms with Gasteiger partial charge in [-0.1, -0.05) is 0 Å². The van der Waals surface area contributed by atoms with E-state index in [1.165, 1.54) is 12.4 Å². The van der Waals surface area contributed by atoms with Crippen LogP contribution in [-0.4, -0.2) is 27.2 Å². The van der Waals surface area contributed by atoms with Crippen molar-refractivity contribution in [1.82, 2.24) is 9.97 Å². The van der Waals surface area contributed by atoms with Crippen molar-refractivity contribution in [2.24, 2.45) is 0 Å². The van der Waals surface area contributed by atoms with E-state index in [1.807, 2.05) is 0 Å². The number of halogens is 3. The van der Waals surface area contributed by atoms with Crippen LogP contribution in [0, 0.1) is 0 Å². The Balaban J connectivity index is 0.000000265. The molecular weight excluding hydrogens is 219 g/mol. The Morgan fingerprint density at radius 2 is 2.00 bits per heavy atom. The fourth-order valence-corrected chi connectivity index (χ4v) is 0.384. The van der Waals surface area contributed by atoms with E-state index in [-0.39, 0.29) is 11.4 Å². The molecule has 15 heavy (non-hydrogen) atoms. The maximum atomic E-state index is 10.6. The smallest absolute Gasteiger partial charge is 0.475 e. The number of carboxylic acids is 1. The number of anilines is 1. The molecule has 0 amide bonds. The van der Waals surface area contributed by atoms with Crippen molar-refractivity contribution in [2.45, 2.75) is 6.18 Å². The van der Waals surface area contributed by atoms with Crippen LogP contribution in [0.5, 0.6) is 0 Å². The number of nitrogens with one attached hydrogen (secondary N) is 1. The number of carbonyl (C=O) groups is 1. The molecule has 84 valence electrons. The molecule has 6 nitrogen and oxygen atoms in total. The van der Waals surface area contributed by atoms with E-state index in [9.17, 15) is 18.0 Å². The van der Waals surface area contributed by atoms with Gasteiger partial charge < -0.3 is 15.8 Å². The number of carboxylic acid groups (broad SMARTS) is 1. The van der Waals surface area contributed by atoms with Crippen LogP contribution in [-0.2, 0) is 4.79 Å². The summed E-state index contributed by atoms with van der Waals surface area (Å²) < 4.78 is 31.7. The number of nitrogens with zero attached hydrogens (tertiary/aromatic N) is 1. The lowest BCUT2D eigenvalue weighted by atomic mass is 10.6. The van der Waals surface area contributed by atoms with Gasteiger partial charge in [0.1, 0.15) is 5.82 Å². The van der Waals surface area contributed by atoms with Gasteiger partial charge in [-0.05, 0) is 0 Å². The number of nitrogens with two attached hydrogens (primary N) is 1. The van der Waals surface area contributed by atoms with Crippen molar-refractivity contribution in [3.63, 3.8) is 0 Å². The minimum Gasteiger partial charge on any atom is -0.475 e. The van der Waals surface area contributed by atoms with Gasteiger partial charge in [-0.3, -0.25) is 4.79 Å². The lowest BCUT2D eigenvalue weighted by Gasteiger charge is -1.93. The van der Waals surface area contributed by atoms with E-state index in [0.29, 0.717) is 0 Å². The predicted octanol–water partition coefficient (Wildman–Crippen LogP) is -0.0146. The van der Waals surface area contributed by atoms with Gasteiger partial charge in [0.2, 0.25) is 0 Å². The number of hydrogen-bond donors (Lipinski definition) is 3. The van der Waals surface area contributed by atoms with Crippen LogP contribution in [0.2, 0.25) is 0 Å². The Hall–Kier alpha value is -2.06. The van der Waals surface area contributed by atoms with Crippen molar-refractivity contribution in [3.8, 4) is 0 Å². The highest BCUT2D eigenvalue weighted by molar-refractivity contribution is 5.73. The third-order valence-electron chi connectivity index (χ3n) is 0.942. The highest BCUT2D eigenvalue weighted by Crippen LogP contribution is 2.13. The first-order valence-corrected chi connectivity index (χ1v) is 3.34. The van der Waals surface area contributed by atoms with E-state index in [1.54, 1.807) is 0 Å². The number of nitrogen functional groups attached to an aromatic ring is 1. The van der Waals surface area contributed by atoms with E-state index < -0.39 is 12.1 Å². The van der Waals surface area contributed by atoms with Crippen LogP contribution >= 0.6 is 0 Å². The Kier molecular flexibility index (Phi) is 4.30. The molecule has 1 heterocycles. The summed E-state index contributed by atoms with van der Waals surface area (Å²) in [6.07, 6.45) is -3.82. The minimum atomic E-state index is -5.08. The molecule has 0 fully saturated rings. The first-order chi connectivity index (χ1) is 6.73. The van der Waals surface area contributed by atoms with E-state index in [2.05, 4.69) is 9.97 Å². The molecule has 1 aromatic heterocycles. The quantitative estimate of drug-likeness (QED) is 0.575. The minimum absolute atomic E-state index is 0.225. The van der Waals surface area contributed by atoms with Crippen molar-refractivity contribution >= 4 is 11.8 Å². The number of aromatic amines is 1. The number of H-pyrrole nitrogens is 1. The second kappa shape index (κ2) is 4.98. The summed E-state index contributed by atoms with van der Waals surface area (Å²) in [7, 11) is 0. The van der Waals surface area contributed by atoms with Crippen molar-refractivity contribution < 1.29 is 23.1 Å². The molecule has 0 aromatic carbocycles. The van der Waals surface area contributed by atoms with Gasteiger partial charge in [-0.15, -0.1) is 0 Å². The van der Waals surface area contributed by atoms with Crippen LogP contribution in [0.4, 0.5) is 19.0 Å². The molecule has 1 rings (SSSR count). The normalized spacial score (nSPS) is 10.1. The fraction of sp³-hybridized carbons (Fsp3) is 0.167. The summed E-state index contributed by atoms with van der Waals surface area (Å²) >= 11 is 0. The lowest BCUT2D eigenvalue weighted by Crippen LogP contribution is -2.21. The molecule has 1 aromatic rings. The van der Waals surface area contributed by atoms with Gasteiger partial charge in [-0.2, -0.15) is 13.2 Å². The number of aromatic nitrogens is 2. The average Bonchev–Trinajstić information content (AvgIpc) is 2.02. The van der Waals surface area contributed by atoms with Crippen LogP contribution in [0.1, 0.15) is 0 Å². The molecule has 0 atom stereocenters. The van der Waals surface area contributed by atoms with Gasteiger partial charge in [0.15, 0.2) is 0 Å². The third-order valence-corrected chi connectivity index (χ3v) is 0.942. The molecule has 4 N–H and O–H groups in total. The van der Waals surface area contributed by atoms with Crippen molar-refractivity contribution in [2.75, 3.05) is 5.73 Å². The van der Waals surface area contributed by atoms with Crippen LogP contribution in [0.3, 0.4) is 0 Å². The van der Waals surface area contributed by atoms with E-state index >= 15 is 0 Å². The molecule has 0 radical (unpaired) electrons.